The highest BCUT2D eigenvalue weighted by atomic mass is 16.5. The number of nitrogens with zero attached hydrogens (tertiary/aromatic N) is 1. The molecule has 0 aromatic heterocycles. The molecule has 0 bridgehead atoms. The summed E-state index contributed by atoms with van der Waals surface area (Å²) in [7, 11) is 8.90. The number of fused-ring (bicyclic) bond motifs is 1. The Kier molecular flexibility index (Phi) is 8.45. The van der Waals surface area contributed by atoms with E-state index in [0.717, 1.165) is 53.9 Å². The van der Waals surface area contributed by atoms with E-state index in [0.29, 0.717) is 18.1 Å². The number of methoxy groups -OCH3 is 4. The second kappa shape index (κ2) is 11.3. The topological polar surface area (TPSA) is 63.2 Å². The van der Waals surface area contributed by atoms with Gasteiger partial charge in [0.25, 0.3) is 0 Å². The fourth-order valence-electron chi connectivity index (χ4n) is 4.82. The van der Waals surface area contributed by atoms with E-state index in [-0.39, 0.29) is 12.0 Å². The van der Waals surface area contributed by atoms with Crippen molar-refractivity contribution in [1.29, 1.82) is 0 Å². The summed E-state index contributed by atoms with van der Waals surface area (Å²) in [5.41, 5.74) is 3.69. The molecule has 0 N–H and O–H groups in total. The zero-order valence-electron chi connectivity index (χ0n) is 20.9. The number of benzene rings is 2. The van der Waals surface area contributed by atoms with Crippen molar-refractivity contribution in [3.63, 3.8) is 0 Å². The quantitative estimate of drug-likeness (QED) is 0.213. The van der Waals surface area contributed by atoms with Crippen LogP contribution in [0.2, 0.25) is 0 Å². The van der Waals surface area contributed by atoms with Gasteiger partial charge in [-0.15, -0.1) is 0 Å². The maximum atomic E-state index is 11.5. The summed E-state index contributed by atoms with van der Waals surface area (Å²) in [5, 5.41) is 0. The van der Waals surface area contributed by atoms with Gasteiger partial charge in [0, 0.05) is 30.9 Å². The minimum Gasteiger partial charge on any atom is -0.493 e. The predicted molar refractivity (Wildman–Crippen MR) is 131 cm³/mol. The van der Waals surface area contributed by atoms with Crippen molar-refractivity contribution in [2.75, 3.05) is 55.2 Å². The highest BCUT2D eigenvalue weighted by Crippen LogP contribution is 2.43. The van der Waals surface area contributed by atoms with Gasteiger partial charge in [-0.25, -0.2) is 4.79 Å². The van der Waals surface area contributed by atoms with Gasteiger partial charge in [0.15, 0.2) is 23.0 Å². The lowest BCUT2D eigenvalue weighted by atomic mass is 9.86. The molecule has 0 fully saturated rings. The molecule has 1 aliphatic heterocycles. The maximum absolute atomic E-state index is 11.5. The fourth-order valence-corrected chi connectivity index (χ4v) is 4.82. The van der Waals surface area contributed by atoms with Gasteiger partial charge in [-0.05, 0) is 35.4 Å². The van der Waals surface area contributed by atoms with Crippen molar-refractivity contribution < 1.29 is 33.0 Å². The van der Waals surface area contributed by atoms with Crippen LogP contribution in [0.1, 0.15) is 29.2 Å². The zero-order valence-corrected chi connectivity index (χ0v) is 20.9. The molecule has 0 amide bonds. The first-order valence-electron chi connectivity index (χ1n) is 11.5. The third-order valence-electron chi connectivity index (χ3n) is 6.75. The van der Waals surface area contributed by atoms with E-state index >= 15 is 0 Å². The second-order valence-electron chi connectivity index (χ2n) is 8.72. The molecule has 7 nitrogen and oxygen atoms in total. The molecule has 0 saturated heterocycles. The van der Waals surface area contributed by atoms with Crippen LogP contribution in [0.15, 0.2) is 43.0 Å². The Labute approximate surface area is 202 Å². The van der Waals surface area contributed by atoms with Crippen molar-refractivity contribution in [2.24, 2.45) is 0 Å². The number of carbonyl (C=O) groups is 1. The summed E-state index contributed by atoms with van der Waals surface area (Å²) in [6.07, 6.45) is 3.71. The van der Waals surface area contributed by atoms with Crippen molar-refractivity contribution in [1.82, 2.24) is 0 Å². The fraction of sp³-hybridized carbons (Fsp3) is 0.444. The minimum absolute atomic E-state index is 0.178. The van der Waals surface area contributed by atoms with E-state index in [1.807, 2.05) is 12.1 Å². The Hall–Kier alpha value is -3.19. The van der Waals surface area contributed by atoms with Gasteiger partial charge in [0.05, 0.1) is 55.2 Å². The van der Waals surface area contributed by atoms with E-state index in [2.05, 4.69) is 31.8 Å². The normalized spacial score (nSPS) is 19.0. The van der Waals surface area contributed by atoms with Crippen molar-refractivity contribution in [3.8, 4) is 23.0 Å². The lowest BCUT2D eigenvalue weighted by Gasteiger charge is -2.46. The summed E-state index contributed by atoms with van der Waals surface area (Å²) in [4.78, 5) is 11.5. The van der Waals surface area contributed by atoms with Crippen LogP contribution in [0.25, 0.3) is 0 Å². The number of esters is 1. The number of likely N-dealkylation sites (N-methyl/N-ethyl adjacent to an activating group) is 1. The highest BCUT2D eigenvalue weighted by Gasteiger charge is 2.39. The van der Waals surface area contributed by atoms with E-state index in [9.17, 15) is 4.79 Å². The summed E-state index contributed by atoms with van der Waals surface area (Å²) in [6, 6.07) is 10.5. The smallest absolute Gasteiger partial charge is 0.330 e. The van der Waals surface area contributed by atoms with Crippen molar-refractivity contribution in [2.45, 2.75) is 25.3 Å². The van der Waals surface area contributed by atoms with Gasteiger partial charge in [-0.2, -0.15) is 0 Å². The van der Waals surface area contributed by atoms with Crippen LogP contribution < -0.4 is 18.9 Å². The van der Waals surface area contributed by atoms with E-state index in [1.54, 1.807) is 28.4 Å². The highest BCUT2D eigenvalue weighted by molar-refractivity contribution is 5.81. The average molecular weight is 471 g/mol. The van der Waals surface area contributed by atoms with E-state index < -0.39 is 0 Å². The van der Waals surface area contributed by atoms with Gasteiger partial charge in [-0.3, -0.25) is 0 Å². The Balaban J connectivity index is 1.96. The van der Waals surface area contributed by atoms with Gasteiger partial charge in [-0.1, -0.05) is 12.6 Å². The standard InChI is InChI=1S/C27H36NO6/c1-7-27(29)34-14-8-12-28(2)13-11-20-17-25(32-5)26(33-6)18-21(20)22(28)15-19-9-10-23(30-3)24(16-19)31-4/h7,9-10,16-18,22H,1,8,11-15H2,2-6H3/q+1/t22-,28+/m0/s1. The molecule has 3 rings (SSSR count). The molecule has 184 valence electrons. The maximum Gasteiger partial charge on any atom is 0.330 e. The minimum atomic E-state index is -0.384. The number of ether oxygens (including phenoxy) is 5. The molecule has 0 radical (unpaired) electrons. The first-order valence-corrected chi connectivity index (χ1v) is 11.5. The number of rotatable bonds is 11. The molecule has 2 atom stereocenters. The molecule has 1 heterocycles. The monoisotopic (exact) mass is 470 g/mol. The van der Waals surface area contributed by atoms with Crippen LogP contribution >= 0.6 is 0 Å². The molecular weight excluding hydrogens is 434 g/mol. The first kappa shape index (κ1) is 25.4. The SMILES string of the molecule is C=CC(=O)OCCC[N@+]1(C)CCc2cc(OC)c(OC)cc2[C@@H]1Cc1ccc(OC)c(OC)c1. The summed E-state index contributed by atoms with van der Waals surface area (Å²) in [6.45, 7) is 5.68. The average Bonchev–Trinajstić information content (AvgIpc) is 2.87. The second-order valence-corrected chi connectivity index (χ2v) is 8.72. The zero-order chi connectivity index (χ0) is 24.7. The van der Waals surface area contributed by atoms with Gasteiger partial charge < -0.3 is 28.2 Å². The molecule has 2 aromatic rings. The molecule has 7 heteroatoms. The first-order chi connectivity index (χ1) is 16.4. The number of quaternary nitrogens is 1. The Morgan fingerprint density at radius 3 is 2.29 bits per heavy atom. The van der Waals surface area contributed by atoms with Crippen LogP contribution in [-0.2, 0) is 22.4 Å². The lowest BCUT2D eigenvalue weighted by Crippen LogP contribution is -2.52. The lowest BCUT2D eigenvalue weighted by molar-refractivity contribution is -0.941. The summed E-state index contributed by atoms with van der Waals surface area (Å²) < 4.78 is 28.2. The molecular formula is C27H36NO6+. The molecule has 0 spiro atoms. The summed E-state index contributed by atoms with van der Waals surface area (Å²) in [5.74, 6) is 2.52. The Morgan fingerprint density at radius 2 is 1.65 bits per heavy atom. The Morgan fingerprint density at radius 1 is 1.00 bits per heavy atom. The third-order valence-corrected chi connectivity index (χ3v) is 6.75. The van der Waals surface area contributed by atoms with Crippen LogP contribution in [0.3, 0.4) is 0 Å². The van der Waals surface area contributed by atoms with Gasteiger partial charge in [0.2, 0.25) is 0 Å². The number of carbonyl (C=O) groups excluding carboxylic acids is 1. The number of hydrogen-bond acceptors (Lipinski definition) is 6. The van der Waals surface area contributed by atoms with Crippen LogP contribution in [-0.4, -0.2) is 65.6 Å². The predicted octanol–water partition coefficient (Wildman–Crippen LogP) is 4.13. The Bertz CT molecular complexity index is 1020. The molecule has 0 unspecified atom stereocenters. The largest absolute Gasteiger partial charge is 0.493 e. The van der Waals surface area contributed by atoms with Gasteiger partial charge in [0.1, 0.15) is 6.04 Å². The van der Waals surface area contributed by atoms with Crippen molar-refractivity contribution >= 4 is 5.97 Å². The molecule has 0 aliphatic carbocycles. The van der Waals surface area contributed by atoms with Gasteiger partial charge >= 0.3 is 5.97 Å². The molecule has 0 saturated carbocycles. The van der Waals surface area contributed by atoms with Crippen LogP contribution in [0, 0.1) is 0 Å². The van der Waals surface area contributed by atoms with Crippen LogP contribution in [0.5, 0.6) is 23.0 Å². The van der Waals surface area contributed by atoms with E-state index in [1.165, 1.54) is 17.2 Å². The van der Waals surface area contributed by atoms with Crippen LogP contribution in [0.4, 0.5) is 0 Å². The molecule has 2 aromatic carbocycles. The molecule has 34 heavy (non-hydrogen) atoms. The van der Waals surface area contributed by atoms with Crippen molar-refractivity contribution in [3.05, 3.63) is 59.7 Å². The summed E-state index contributed by atoms with van der Waals surface area (Å²) >= 11 is 0. The third kappa shape index (κ3) is 5.47. The number of hydrogen-bond donors (Lipinski definition) is 0. The van der Waals surface area contributed by atoms with E-state index in [4.69, 9.17) is 23.7 Å². The molecule has 1 aliphatic rings.